The molecule has 0 spiro atoms. The number of aromatic nitrogens is 4. The van der Waals surface area contributed by atoms with Crippen LogP contribution >= 0.6 is 11.8 Å². The van der Waals surface area contributed by atoms with Gasteiger partial charge in [-0.05, 0) is 43.9 Å². The van der Waals surface area contributed by atoms with Gasteiger partial charge in [0.1, 0.15) is 10.8 Å². The normalized spacial score (nSPS) is 19.4. The maximum atomic E-state index is 11.8. The maximum absolute atomic E-state index is 11.8. The van der Waals surface area contributed by atoms with Crippen molar-refractivity contribution < 1.29 is 9.53 Å². The standard InChI is InChI=1S/C20H24N6O2S/c1-9-5-10(2)16(28-4)11(3)12(6-9)8-26-18-15-13(25-26)7-14(17(21)27)29-19(15)24-20(22)23-18/h5,14H,6-8H2,1-4H3,(H2,21,27)(H2,22,23,24). The van der Waals surface area contributed by atoms with Gasteiger partial charge in [0.05, 0.1) is 30.0 Å². The van der Waals surface area contributed by atoms with E-state index in [1.165, 1.54) is 22.9 Å². The fraction of sp³-hybridized carbons (Fsp3) is 0.400. The molecule has 0 bridgehead atoms. The highest BCUT2D eigenvalue weighted by atomic mass is 32.2. The van der Waals surface area contributed by atoms with Crippen molar-refractivity contribution >= 4 is 34.7 Å². The number of allylic oxidation sites excluding steroid dienone is 5. The number of nitrogens with two attached hydrogens (primary N) is 2. The first kappa shape index (κ1) is 19.5. The molecule has 1 aliphatic heterocycles. The highest BCUT2D eigenvalue weighted by Crippen LogP contribution is 2.38. The highest BCUT2D eigenvalue weighted by molar-refractivity contribution is 8.00. The molecule has 1 unspecified atom stereocenters. The summed E-state index contributed by atoms with van der Waals surface area (Å²) in [6.45, 7) is 6.79. The van der Waals surface area contributed by atoms with Crippen LogP contribution in [0.5, 0.6) is 0 Å². The molecule has 3 heterocycles. The number of amides is 1. The molecule has 4 rings (SSSR count). The third-order valence-corrected chi connectivity index (χ3v) is 6.53. The second-order valence-corrected chi connectivity index (χ2v) is 8.71. The van der Waals surface area contributed by atoms with E-state index in [4.69, 9.17) is 21.3 Å². The molecule has 0 saturated carbocycles. The van der Waals surface area contributed by atoms with Crippen molar-refractivity contribution in [3.05, 3.63) is 39.8 Å². The minimum absolute atomic E-state index is 0.161. The number of anilines is 1. The second kappa shape index (κ2) is 7.22. The zero-order valence-electron chi connectivity index (χ0n) is 16.9. The molecule has 4 N–H and O–H groups in total. The number of ether oxygens (including phenoxy) is 1. The number of primary amides is 1. The Balaban J connectivity index is 1.82. The number of nitrogen functional groups attached to an aromatic ring is 1. The first-order valence-corrected chi connectivity index (χ1v) is 10.3. The predicted octanol–water partition coefficient (Wildman–Crippen LogP) is 2.50. The van der Waals surface area contributed by atoms with Gasteiger partial charge in [-0.2, -0.15) is 10.1 Å². The van der Waals surface area contributed by atoms with Gasteiger partial charge < -0.3 is 16.2 Å². The lowest BCUT2D eigenvalue weighted by atomic mass is 10.0. The van der Waals surface area contributed by atoms with Gasteiger partial charge in [-0.25, -0.2) is 9.67 Å². The predicted molar refractivity (Wildman–Crippen MR) is 113 cm³/mol. The molecule has 9 heteroatoms. The van der Waals surface area contributed by atoms with Gasteiger partial charge in [0.25, 0.3) is 0 Å². The van der Waals surface area contributed by atoms with E-state index in [-0.39, 0.29) is 11.9 Å². The summed E-state index contributed by atoms with van der Waals surface area (Å²) in [7, 11) is 1.69. The Morgan fingerprint density at radius 1 is 1.34 bits per heavy atom. The molecule has 2 aromatic heterocycles. The summed E-state index contributed by atoms with van der Waals surface area (Å²) in [5.74, 6) is 0.666. The average molecular weight is 413 g/mol. The van der Waals surface area contributed by atoms with Gasteiger partial charge in [-0.1, -0.05) is 23.4 Å². The summed E-state index contributed by atoms with van der Waals surface area (Å²) in [4.78, 5) is 20.5. The van der Waals surface area contributed by atoms with E-state index < -0.39 is 5.25 Å². The Morgan fingerprint density at radius 3 is 2.79 bits per heavy atom. The van der Waals surface area contributed by atoms with Crippen LogP contribution in [-0.4, -0.2) is 38.0 Å². The zero-order chi connectivity index (χ0) is 20.9. The minimum atomic E-state index is -0.405. The van der Waals surface area contributed by atoms with Crippen molar-refractivity contribution in [2.75, 3.05) is 12.8 Å². The van der Waals surface area contributed by atoms with Crippen LogP contribution in [0, 0.1) is 0 Å². The van der Waals surface area contributed by atoms with Gasteiger partial charge in [0.2, 0.25) is 11.9 Å². The molecular weight excluding hydrogens is 388 g/mol. The van der Waals surface area contributed by atoms with Crippen molar-refractivity contribution in [2.45, 2.75) is 50.4 Å². The monoisotopic (exact) mass is 412 g/mol. The van der Waals surface area contributed by atoms with Gasteiger partial charge in [-0.15, -0.1) is 0 Å². The lowest BCUT2D eigenvalue weighted by Crippen LogP contribution is -2.29. The van der Waals surface area contributed by atoms with E-state index in [1.54, 1.807) is 7.11 Å². The molecular formula is C20H24N6O2S. The Hall–Kier alpha value is -2.81. The van der Waals surface area contributed by atoms with E-state index in [2.05, 4.69) is 36.8 Å². The van der Waals surface area contributed by atoms with Crippen molar-refractivity contribution in [3.8, 4) is 0 Å². The van der Waals surface area contributed by atoms with E-state index >= 15 is 0 Å². The Kier molecular flexibility index (Phi) is 4.85. The molecule has 1 amide bonds. The Morgan fingerprint density at radius 2 is 2.10 bits per heavy atom. The van der Waals surface area contributed by atoms with Crippen LogP contribution < -0.4 is 11.5 Å². The lowest BCUT2D eigenvalue weighted by Gasteiger charge is -2.16. The van der Waals surface area contributed by atoms with Crippen LogP contribution in [0.25, 0.3) is 11.0 Å². The van der Waals surface area contributed by atoms with Crippen LogP contribution in [0.3, 0.4) is 0 Å². The van der Waals surface area contributed by atoms with Crippen LogP contribution in [0.1, 0.15) is 32.9 Å². The molecule has 2 aromatic rings. The molecule has 152 valence electrons. The summed E-state index contributed by atoms with van der Waals surface area (Å²) >= 11 is 1.33. The fourth-order valence-electron chi connectivity index (χ4n) is 4.06. The molecule has 1 atom stereocenters. The number of hydrogen-bond acceptors (Lipinski definition) is 7. The second-order valence-electron chi connectivity index (χ2n) is 7.52. The van der Waals surface area contributed by atoms with Crippen LogP contribution in [-0.2, 0) is 22.5 Å². The average Bonchev–Trinajstić information content (AvgIpc) is 2.94. The summed E-state index contributed by atoms with van der Waals surface area (Å²) in [6.07, 6.45) is 3.43. The number of hydrogen-bond donors (Lipinski definition) is 2. The fourth-order valence-corrected chi connectivity index (χ4v) is 5.16. The number of carbonyl (C=O) groups is 1. The Bertz CT molecular complexity index is 1130. The number of methoxy groups -OCH3 is 1. The van der Waals surface area contributed by atoms with Crippen LogP contribution in [0.15, 0.2) is 39.2 Å². The molecule has 0 saturated heterocycles. The molecule has 0 aromatic carbocycles. The van der Waals surface area contributed by atoms with E-state index in [0.29, 0.717) is 23.6 Å². The first-order chi connectivity index (χ1) is 13.8. The Labute approximate surface area is 173 Å². The summed E-state index contributed by atoms with van der Waals surface area (Å²) in [5.41, 5.74) is 17.6. The third kappa shape index (κ3) is 3.39. The molecule has 29 heavy (non-hydrogen) atoms. The number of carbonyl (C=O) groups excluding carboxylic acids is 1. The van der Waals surface area contributed by atoms with Crippen molar-refractivity contribution in [1.29, 1.82) is 0 Å². The quantitative estimate of drug-likeness (QED) is 0.740. The van der Waals surface area contributed by atoms with Gasteiger partial charge in [-0.3, -0.25) is 4.79 Å². The number of nitrogens with zero attached hydrogens (tertiary/aromatic N) is 4. The smallest absolute Gasteiger partial charge is 0.231 e. The van der Waals surface area contributed by atoms with E-state index in [9.17, 15) is 4.79 Å². The summed E-state index contributed by atoms with van der Waals surface area (Å²) in [6, 6.07) is 0. The lowest BCUT2D eigenvalue weighted by molar-refractivity contribution is -0.117. The zero-order valence-corrected chi connectivity index (χ0v) is 17.8. The van der Waals surface area contributed by atoms with Gasteiger partial charge in [0, 0.05) is 6.42 Å². The van der Waals surface area contributed by atoms with Gasteiger partial charge in [0.15, 0.2) is 5.65 Å². The molecule has 2 aliphatic rings. The van der Waals surface area contributed by atoms with E-state index in [1.807, 2.05) is 4.68 Å². The molecule has 8 nitrogen and oxygen atoms in total. The first-order valence-electron chi connectivity index (χ1n) is 9.38. The number of rotatable bonds is 4. The summed E-state index contributed by atoms with van der Waals surface area (Å²) in [5, 5.41) is 5.90. The summed E-state index contributed by atoms with van der Waals surface area (Å²) < 4.78 is 7.52. The van der Waals surface area contributed by atoms with Crippen molar-refractivity contribution in [2.24, 2.45) is 5.73 Å². The maximum Gasteiger partial charge on any atom is 0.231 e. The topological polar surface area (TPSA) is 122 Å². The van der Waals surface area contributed by atoms with E-state index in [0.717, 1.165) is 34.4 Å². The minimum Gasteiger partial charge on any atom is -0.496 e. The van der Waals surface area contributed by atoms with Crippen molar-refractivity contribution in [3.63, 3.8) is 0 Å². The molecule has 0 radical (unpaired) electrons. The number of thioether (sulfide) groups is 1. The highest BCUT2D eigenvalue weighted by Gasteiger charge is 2.31. The van der Waals surface area contributed by atoms with Gasteiger partial charge >= 0.3 is 0 Å². The van der Waals surface area contributed by atoms with Crippen molar-refractivity contribution in [1.82, 2.24) is 19.7 Å². The van der Waals surface area contributed by atoms with Crippen LogP contribution in [0.4, 0.5) is 5.95 Å². The largest absolute Gasteiger partial charge is 0.496 e. The molecule has 0 fully saturated rings. The molecule has 1 aliphatic carbocycles. The third-order valence-electron chi connectivity index (χ3n) is 5.33. The SMILES string of the molecule is COC1=C(C)C=C(C)CC(Cn2nc3c4c(nc(N)nc42)SC(C(N)=O)C3)=C1C. The van der Waals surface area contributed by atoms with Crippen LogP contribution in [0.2, 0.25) is 0 Å².